The molecule has 8 nitrogen and oxygen atoms in total. The van der Waals surface area contributed by atoms with Crippen LogP contribution in [0.4, 0.5) is 5.69 Å². The van der Waals surface area contributed by atoms with Gasteiger partial charge in [0.25, 0.3) is 0 Å². The lowest BCUT2D eigenvalue weighted by Gasteiger charge is -2.06. The van der Waals surface area contributed by atoms with Crippen molar-refractivity contribution < 1.29 is 23.7 Å². The number of esters is 1. The first-order valence-electron chi connectivity index (χ1n) is 5.91. The second-order valence-electron chi connectivity index (χ2n) is 4.18. The molecule has 0 aliphatic heterocycles. The zero-order chi connectivity index (χ0) is 15.6. The minimum absolute atomic E-state index is 0.153. The normalized spacial score (nSPS) is 10.2. The maximum absolute atomic E-state index is 12.1. The Morgan fingerprint density at radius 3 is 2.62 bits per heavy atom. The number of hydrogen-bond donors (Lipinski definition) is 0. The Balaban J connectivity index is 2.35. The molecule has 0 amide bonds. The van der Waals surface area contributed by atoms with E-state index in [-0.39, 0.29) is 22.8 Å². The highest BCUT2D eigenvalue weighted by atomic mass is 16.6. The highest BCUT2D eigenvalue weighted by Crippen LogP contribution is 2.32. The molecule has 1 aromatic carbocycles. The van der Waals surface area contributed by atoms with Crippen LogP contribution in [0.3, 0.4) is 0 Å². The first kappa shape index (κ1) is 14.5. The predicted molar refractivity (Wildman–Crippen MR) is 70.6 cm³/mol. The van der Waals surface area contributed by atoms with Crippen LogP contribution in [0.2, 0.25) is 0 Å². The Morgan fingerprint density at radius 1 is 1.38 bits per heavy atom. The largest absolute Gasteiger partial charge is 0.496 e. The number of nitrogens with zero attached hydrogens (tertiary/aromatic N) is 2. The van der Waals surface area contributed by atoms with E-state index in [2.05, 4.69) is 5.16 Å². The van der Waals surface area contributed by atoms with Gasteiger partial charge in [0.15, 0.2) is 0 Å². The summed E-state index contributed by atoms with van der Waals surface area (Å²) in [5, 5.41) is 14.7. The molecule has 110 valence electrons. The number of nitro groups is 1. The molecule has 0 N–H and O–H groups in total. The quantitative estimate of drug-likeness (QED) is 0.369. The standard InChI is InChI=1S/C13H12N2O6/c1-7-12(8(2)21-14-7)13(16)20-11-5-4-9(19-3)6-10(11)15(17)18/h4-6H,1-3H3. The lowest BCUT2D eigenvalue weighted by atomic mass is 10.2. The zero-order valence-corrected chi connectivity index (χ0v) is 11.6. The first-order valence-corrected chi connectivity index (χ1v) is 5.91. The molecule has 0 fully saturated rings. The predicted octanol–water partition coefficient (Wildman–Crippen LogP) is 2.43. The van der Waals surface area contributed by atoms with Crippen molar-refractivity contribution >= 4 is 11.7 Å². The third-order valence-corrected chi connectivity index (χ3v) is 2.80. The molecule has 1 aromatic heterocycles. The number of aromatic nitrogens is 1. The van der Waals surface area contributed by atoms with Crippen LogP contribution in [0.15, 0.2) is 22.7 Å². The molecule has 0 saturated heterocycles. The number of carbonyl (C=O) groups excluding carboxylic acids is 1. The van der Waals surface area contributed by atoms with Crippen LogP contribution in [0, 0.1) is 24.0 Å². The van der Waals surface area contributed by atoms with Crippen LogP contribution in [0.5, 0.6) is 11.5 Å². The van der Waals surface area contributed by atoms with Gasteiger partial charge >= 0.3 is 11.7 Å². The Kier molecular flexibility index (Phi) is 3.88. The number of carbonyl (C=O) groups is 1. The van der Waals surface area contributed by atoms with Crippen LogP contribution in [-0.4, -0.2) is 23.2 Å². The van der Waals surface area contributed by atoms with Gasteiger partial charge < -0.3 is 14.0 Å². The average molecular weight is 292 g/mol. The maximum Gasteiger partial charge on any atom is 0.349 e. The Morgan fingerprint density at radius 2 is 2.10 bits per heavy atom. The SMILES string of the molecule is COc1ccc(OC(=O)c2c(C)noc2C)c([N+](=O)[O-])c1. The van der Waals surface area contributed by atoms with Crippen molar-refractivity contribution in [2.24, 2.45) is 0 Å². The van der Waals surface area contributed by atoms with Crippen molar-refractivity contribution in [2.75, 3.05) is 7.11 Å². The molecule has 1 heterocycles. The molecule has 2 aromatic rings. The van der Waals surface area contributed by atoms with Crippen LogP contribution >= 0.6 is 0 Å². The summed E-state index contributed by atoms with van der Waals surface area (Å²) in [5.41, 5.74) is 0.142. The molecule has 0 unspecified atom stereocenters. The van der Waals surface area contributed by atoms with Crippen LogP contribution in [0.1, 0.15) is 21.8 Å². The van der Waals surface area contributed by atoms with E-state index < -0.39 is 10.9 Å². The monoisotopic (exact) mass is 292 g/mol. The molecule has 0 spiro atoms. The lowest BCUT2D eigenvalue weighted by Crippen LogP contribution is -2.11. The summed E-state index contributed by atoms with van der Waals surface area (Å²) < 4.78 is 14.8. The van der Waals surface area contributed by atoms with Crippen molar-refractivity contribution in [3.05, 3.63) is 45.3 Å². The number of hydrogen-bond acceptors (Lipinski definition) is 7. The van der Waals surface area contributed by atoms with E-state index in [1.165, 1.54) is 25.3 Å². The van der Waals surface area contributed by atoms with Crippen molar-refractivity contribution in [1.29, 1.82) is 0 Å². The fraction of sp³-hybridized carbons (Fsp3) is 0.231. The van der Waals surface area contributed by atoms with E-state index in [0.717, 1.165) is 0 Å². The minimum atomic E-state index is -0.764. The molecular formula is C13H12N2O6. The summed E-state index contributed by atoms with van der Waals surface area (Å²) in [6.07, 6.45) is 0. The summed E-state index contributed by atoms with van der Waals surface area (Å²) in [6, 6.07) is 3.94. The highest BCUT2D eigenvalue weighted by molar-refractivity contribution is 5.93. The number of benzene rings is 1. The van der Waals surface area contributed by atoms with Gasteiger partial charge in [0.05, 0.1) is 23.8 Å². The van der Waals surface area contributed by atoms with Gasteiger partial charge in [-0.2, -0.15) is 0 Å². The van der Waals surface area contributed by atoms with E-state index in [1.807, 2.05) is 0 Å². The van der Waals surface area contributed by atoms with Crippen molar-refractivity contribution in [3.8, 4) is 11.5 Å². The smallest absolute Gasteiger partial charge is 0.349 e. The summed E-state index contributed by atoms with van der Waals surface area (Å²) in [6.45, 7) is 3.13. The van der Waals surface area contributed by atoms with Crippen LogP contribution in [-0.2, 0) is 0 Å². The minimum Gasteiger partial charge on any atom is -0.496 e. The van der Waals surface area contributed by atoms with E-state index in [1.54, 1.807) is 13.8 Å². The van der Waals surface area contributed by atoms with Gasteiger partial charge in [-0.3, -0.25) is 10.1 Å². The van der Waals surface area contributed by atoms with Gasteiger partial charge in [-0.15, -0.1) is 0 Å². The van der Waals surface area contributed by atoms with Gasteiger partial charge in [-0.25, -0.2) is 4.79 Å². The fourth-order valence-corrected chi connectivity index (χ4v) is 1.78. The lowest BCUT2D eigenvalue weighted by molar-refractivity contribution is -0.385. The Bertz CT molecular complexity index is 687. The van der Waals surface area contributed by atoms with Crippen molar-refractivity contribution in [3.63, 3.8) is 0 Å². The molecule has 0 radical (unpaired) electrons. The fourth-order valence-electron chi connectivity index (χ4n) is 1.78. The molecule has 0 bridgehead atoms. The second-order valence-corrected chi connectivity index (χ2v) is 4.18. The molecule has 21 heavy (non-hydrogen) atoms. The van der Waals surface area contributed by atoms with Gasteiger partial charge in [0.2, 0.25) is 5.75 Å². The molecule has 8 heteroatoms. The Hall–Kier alpha value is -2.90. The molecule has 2 rings (SSSR count). The molecule has 0 atom stereocenters. The number of aryl methyl sites for hydroxylation is 2. The van der Waals surface area contributed by atoms with E-state index in [0.29, 0.717) is 11.4 Å². The topological polar surface area (TPSA) is 105 Å². The van der Waals surface area contributed by atoms with Gasteiger partial charge in [0.1, 0.15) is 17.1 Å². The molecular weight excluding hydrogens is 280 g/mol. The van der Waals surface area contributed by atoms with Crippen LogP contribution in [0.25, 0.3) is 0 Å². The van der Waals surface area contributed by atoms with Gasteiger partial charge in [-0.1, -0.05) is 5.16 Å². The van der Waals surface area contributed by atoms with Gasteiger partial charge in [0, 0.05) is 0 Å². The number of nitro benzene ring substituents is 1. The van der Waals surface area contributed by atoms with E-state index in [9.17, 15) is 14.9 Å². The number of rotatable bonds is 4. The third kappa shape index (κ3) is 2.83. The van der Waals surface area contributed by atoms with Crippen LogP contribution < -0.4 is 9.47 Å². The van der Waals surface area contributed by atoms with Crippen molar-refractivity contribution in [1.82, 2.24) is 5.16 Å². The van der Waals surface area contributed by atoms with Gasteiger partial charge in [-0.05, 0) is 26.0 Å². The summed E-state index contributed by atoms with van der Waals surface area (Å²) in [7, 11) is 1.38. The highest BCUT2D eigenvalue weighted by Gasteiger charge is 2.24. The maximum atomic E-state index is 12.1. The van der Waals surface area contributed by atoms with E-state index >= 15 is 0 Å². The Labute approximate surface area is 119 Å². The number of methoxy groups -OCH3 is 1. The first-order chi connectivity index (χ1) is 9.93. The molecule has 0 saturated carbocycles. The second kappa shape index (κ2) is 5.61. The third-order valence-electron chi connectivity index (χ3n) is 2.80. The zero-order valence-electron chi connectivity index (χ0n) is 11.6. The molecule has 0 aliphatic carbocycles. The van der Waals surface area contributed by atoms with Crippen molar-refractivity contribution in [2.45, 2.75) is 13.8 Å². The summed E-state index contributed by atoms with van der Waals surface area (Å²) in [5.74, 6) is -0.363. The van der Waals surface area contributed by atoms with E-state index in [4.69, 9.17) is 14.0 Å². The summed E-state index contributed by atoms with van der Waals surface area (Å²) >= 11 is 0. The summed E-state index contributed by atoms with van der Waals surface area (Å²) in [4.78, 5) is 22.4. The average Bonchev–Trinajstić information content (AvgIpc) is 2.78. The molecule has 0 aliphatic rings. The number of ether oxygens (including phenoxy) is 2.